The second-order valence-electron chi connectivity index (χ2n) is 4.09. The zero-order chi connectivity index (χ0) is 14.3. The van der Waals surface area contributed by atoms with Crippen LogP contribution >= 0.6 is 11.8 Å². The van der Waals surface area contributed by atoms with Gasteiger partial charge < -0.3 is 10.5 Å². The molecule has 0 aliphatic rings. The molecule has 0 spiro atoms. The fraction of sp³-hybridized carbons (Fsp3) is 0.533. The van der Waals surface area contributed by atoms with Crippen LogP contribution in [-0.4, -0.2) is 19.3 Å². The van der Waals surface area contributed by atoms with E-state index in [-0.39, 0.29) is 0 Å². The smallest absolute Gasteiger partial charge is 0.292 e. The van der Waals surface area contributed by atoms with Crippen molar-refractivity contribution >= 4 is 18.2 Å². The summed E-state index contributed by atoms with van der Waals surface area (Å²) in [5.74, 6) is 1.23. The molecule has 0 heterocycles. The topological polar surface area (TPSA) is 52.3 Å². The van der Waals surface area contributed by atoms with E-state index in [4.69, 9.17) is 10.5 Å². The molecule has 2 N–H and O–H groups in total. The summed E-state index contributed by atoms with van der Waals surface area (Å²) in [7, 11) is 1.31. The van der Waals surface area contributed by atoms with Crippen LogP contribution in [0.15, 0.2) is 29.2 Å². The first kappa shape index (κ1) is 18.0. The van der Waals surface area contributed by atoms with Gasteiger partial charge in [0.05, 0.1) is 7.11 Å². The lowest BCUT2D eigenvalue weighted by molar-refractivity contribution is -0.126. The molecule has 108 valence electrons. The minimum atomic E-state index is 0.375. The van der Waals surface area contributed by atoms with Gasteiger partial charge in [0.1, 0.15) is 0 Å². The molecular formula is C15H25NO2S. The molecule has 0 saturated carbocycles. The maximum atomic E-state index is 8.95. The van der Waals surface area contributed by atoms with Gasteiger partial charge in [0, 0.05) is 11.4 Å². The quantitative estimate of drug-likeness (QED) is 0.450. The fourth-order valence-electron chi connectivity index (χ4n) is 1.48. The van der Waals surface area contributed by atoms with Crippen LogP contribution in [0.1, 0.15) is 38.2 Å². The van der Waals surface area contributed by atoms with Crippen molar-refractivity contribution in [1.82, 2.24) is 0 Å². The molecule has 0 saturated heterocycles. The summed E-state index contributed by atoms with van der Waals surface area (Å²) >= 11 is 1.94. The Morgan fingerprint density at radius 3 is 2.63 bits per heavy atom. The van der Waals surface area contributed by atoms with Crippen molar-refractivity contribution in [3.63, 3.8) is 0 Å². The van der Waals surface area contributed by atoms with Gasteiger partial charge in [-0.1, -0.05) is 38.3 Å². The van der Waals surface area contributed by atoms with E-state index < -0.39 is 0 Å². The van der Waals surface area contributed by atoms with Crippen LogP contribution in [0.25, 0.3) is 0 Å². The number of carbonyl (C=O) groups excluding carboxylic acids is 1. The molecule has 0 radical (unpaired) electrons. The minimum Gasteiger partial charge on any atom is -0.471 e. The van der Waals surface area contributed by atoms with E-state index in [0.717, 1.165) is 0 Å². The Bertz CT molecular complexity index is 332. The molecular weight excluding hydrogens is 258 g/mol. The standard InChI is InChI=1S/C13H21NS.C2H4O2/c1-2-3-4-5-9-15-13-8-6-7-12(10-13)11-14;1-4-2-3/h6-8,10H,2-5,9,11,14H2,1H3;2H,1H3. The van der Waals surface area contributed by atoms with Crippen LogP contribution < -0.4 is 5.73 Å². The zero-order valence-electron chi connectivity index (χ0n) is 11.9. The van der Waals surface area contributed by atoms with Crippen molar-refractivity contribution in [2.24, 2.45) is 5.73 Å². The number of thioether (sulfide) groups is 1. The second kappa shape index (κ2) is 13.4. The van der Waals surface area contributed by atoms with E-state index in [1.807, 2.05) is 11.8 Å². The Balaban J connectivity index is 0.000000711. The van der Waals surface area contributed by atoms with Crippen LogP contribution in [0.2, 0.25) is 0 Å². The Morgan fingerprint density at radius 1 is 1.32 bits per heavy atom. The van der Waals surface area contributed by atoms with E-state index in [1.54, 1.807) is 0 Å². The Morgan fingerprint density at radius 2 is 2.05 bits per heavy atom. The molecule has 0 atom stereocenters. The van der Waals surface area contributed by atoms with Gasteiger partial charge >= 0.3 is 0 Å². The third-order valence-electron chi connectivity index (χ3n) is 2.50. The molecule has 0 unspecified atom stereocenters. The number of benzene rings is 1. The van der Waals surface area contributed by atoms with Gasteiger partial charge in [0.15, 0.2) is 0 Å². The highest BCUT2D eigenvalue weighted by atomic mass is 32.2. The van der Waals surface area contributed by atoms with Gasteiger partial charge in [0.2, 0.25) is 0 Å². The molecule has 19 heavy (non-hydrogen) atoms. The third kappa shape index (κ3) is 10.6. The lowest BCUT2D eigenvalue weighted by Gasteiger charge is -2.03. The van der Waals surface area contributed by atoms with Crippen LogP contribution in [0, 0.1) is 0 Å². The van der Waals surface area contributed by atoms with Crippen molar-refractivity contribution in [2.45, 2.75) is 44.0 Å². The molecule has 1 aromatic carbocycles. The molecule has 1 aromatic rings. The predicted molar refractivity (Wildman–Crippen MR) is 82.3 cm³/mol. The van der Waals surface area contributed by atoms with Gasteiger partial charge in [-0.15, -0.1) is 11.8 Å². The van der Waals surface area contributed by atoms with Crippen molar-refractivity contribution in [3.05, 3.63) is 29.8 Å². The monoisotopic (exact) mass is 283 g/mol. The van der Waals surface area contributed by atoms with Gasteiger partial charge in [-0.25, -0.2) is 0 Å². The van der Waals surface area contributed by atoms with Crippen LogP contribution in [0.4, 0.5) is 0 Å². The maximum absolute atomic E-state index is 8.95. The highest BCUT2D eigenvalue weighted by Gasteiger charge is 1.95. The normalized spacial score (nSPS) is 9.42. The molecule has 0 aliphatic heterocycles. The first-order valence-corrected chi connectivity index (χ1v) is 7.65. The van der Waals surface area contributed by atoms with E-state index in [0.29, 0.717) is 13.0 Å². The average Bonchev–Trinajstić information content (AvgIpc) is 2.47. The molecule has 0 amide bonds. The second-order valence-corrected chi connectivity index (χ2v) is 5.26. The van der Waals surface area contributed by atoms with Crippen LogP contribution in [0.3, 0.4) is 0 Å². The molecule has 4 heteroatoms. The number of nitrogens with two attached hydrogens (primary N) is 1. The molecule has 3 nitrogen and oxygen atoms in total. The molecule has 0 fully saturated rings. The minimum absolute atomic E-state index is 0.375. The molecule has 1 rings (SSSR count). The highest BCUT2D eigenvalue weighted by Crippen LogP contribution is 2.20. The van der Waals surface area contributed by atoms with E-state index in [9.17, 15) is 0 Å². The van der Waals surface area contributed by atoms with Crippen molar-refractivity contribution in [1.29, 1.82) is 0 Å². The summed E-state index contributed by atoms with van der Waals surface area (Å²) in [5, 5.41) is 0. The number of ether oxygens (including phenoxy) is 1. The number of hydrogen-bond donors (Lipinski definition) is 1. The van der Waals surface area contributed by atoms with Gasteiger partial charge in [0.25, 0.3) is 6.47 Å². The van der Waals surface area contributed by atoms with Gasteiger partial charge in [-0.3, -0.25) is 4.79 Å². The molecule has 0 aromatic heterocycles. The summed E-state index contributed by atoms with van der Waals surface area (Å²) in [6.07, 6.45) is 5.36. The van der Waals surface area contributed by atoms with E-state index in [1.165, 1.54) is 49.0 Å². The molecule has 0 aliphatic carbocycles. The summed E-state index contributed by atoms with van der Waals surface area (Å²) in [6, 6.07) is 8.55. The fourth-order valence-corrected chi connectivity index (χ4v) is 2.47. The average molecular weight is 283 g/mol. The maximum Gasteiger partial charge on any atom is 0.292 e. The number of rotatable bonds is 8. The zero-order valence-corrected chi connectivity index (χ0v) is 12.7. The van der Waals surface area contributed by atoms with Crippen molar-refractivity contribution < 1.29 is 9.53 Å². The summed E-state index contributed by atoms with van der Waals surface area (Å²) in [6.45, 7) is 3.27. The van der Waals surface area contributed by atoms with Crippen LogP contribution in [0.5, 0.6) is 0 Å². The first-order chi connectivity index (χ1) is 9.28. The van der Waals surface area contributed by atoms with Crippen molar-refractivity contribution in [2.75, 3.05) is 12.9 Å². The number of methoxy groups -OCH3 is 1. The predicted octanol–water partition coefficient (Wildman–Crippen LogP) is 3.61. The SMILES string of the molecule is CCCCCCSc1cccc(CN)c1.COC=O. The van der Waals surface area contributed by atoms with Gasteiger partial charge in [-0.2, -0.15) is 0 Å². The van der Waals surface area contributed by atoms with E-state index >= 15 is 0 Å². The third-order valence-corrected chi connectivity index (χ3v) is 3.58. The van der Waals surface area contributed by atoms with Gasteiger partial charge in [-0.05, 0) is 29.9 Å². The van der Waals surface area contributed by atoms with Crippen LogP contribution in [-0.2, 0) is 16.1 Å². The lowest BCUT2D eigenvalue weighted by atomic mass is 10.2. The Labute approximate surface area is 120 Å². The highest BCUT2D eigenvalue weighted by molar-refractivity contribution is 7.99. The summed E-state index contributed by atoms with van der Waals surface area (Å²) in [5.41, 5.74) is 6.83. The molecule has 0 bridgehead atoms. The number of unbranched alkanes of at least 4 members (excludes halogenated alkanes) is 3. The Hall–Kier alpha value is -1.00. The number of carbonyl (C=O) groups is 1. The Kier molecular flexibility index (Phi) is 12.7. The van der Waals surface area contributed by atoms with Crippen molar-refractivity contribution in [3.8, 4) is 0 Å². The summed E-state index contributed by atoms with van der Waals surface area (Å²) in [4.78, 5) is 10.3. The van der Waals surface area contributed by atoms with E-state index in [2.05, 4.69) is 35.9 Å². The lowest BCUT2D eigenvalue weighted by Crippen LogP contribution is -1.95. The largest absolute Gasteiger partial charge is 0.471 e. The summed E-state index contributed by atoms with van der Waals surface area (Å²) < 4.78 is 3.86. The first-order valence-electron chi connectivity index (χ1n) is 6.66. The number of hydrogen-bond acceptors (Lipinski definition) is 4.